The first kappa shape index (κ1) is 27.2. The van der Waals surface area contributed by atoms with E-state index in [0.717, 1.165) is 5.56 Å². The fourth-order valence-corrected chi connectivity index (χ4v) is 5.72. The van der Waals surface area contributed by atoms with Crippen LogP contribution < -0.4 is 24.4 Å². The Morgan fingerprint density at radius 3 is 2.58 bits per heavy atom. The Bertz CT molecular complexity index is 1870. The summed E-state index contributed by atoms with van der Waals surface area (Å²) < 4.78 is 23.5. The molecule has 1 atom stereocenters. The number of nitrogens with zero attached hydrogens (tertiary/aromatic N) is 2. The van der Waals surface area contributed by atoms with Crippen LogP contribution in [0.5, 0.6) is 11.5 Å². The zero-order valence-corrected chi connectivity index (χ0v) is 23.5. The van der Waals surface area contributed by atoms with Gasteiger partial charge in [-0.2, -0.15) is 0 Å². The summed E-state index contributed by atoms with van der Waals surface area (Å²) >= 11 is 7.47. The predicted octanol–water partition coefficient (Wildman–Crippen LogP) is 4.26. The van der Waals surface area contributed by atoms with Crippen LogP contribution in [-0.2, 0) is 14.3 Å². The van der Waals surface area contributed by atoms with Crippen molar-refractivity contribution in [2.24, 2.45) is 4.99 Å². The quantitative estimate of drug-likeness (QED) is 0.248. The Kier molecular flexibility index (Phi) is 7.46. The van der Waals surface area contributed by atoms with Crippen molar-refractivity contribution >= 4 is 41.0 Å². The number of aromatic nitrogens is 1. The van der Waals surface area contributed by atoms with Crippen LogP contribution in [0.15, 0.2) is 80.1 Å². The van der Waals surface area contributed by atoms with Gasteiger partial charge in [0.2, 0.25) is 0 Å². The molecule has 1 unspecified atom stereocenters. The first-order chi connectivity index (χ1) is 19.2. The Hall–Kier alpha value is -4.41. The summed E-state index contributed by atoms with van der Waals surface area (Å²) in [5.41, 5.74) is 1.50. The van der Waals surface area contributed by atoms with Gasteiger partial charge in [-0.05, 0) is 48.9 Å². The molecule has 0 fully saturated rings. The monoisotopic (exact) mass is 578 g/mol. The van der Waals surface area contributed by atoms with Crippen LogP contribution in [0.1, 0.15) is 31.2 Å². The number of rotatable bonds is 6. The van der Waals surface area contributed by atoms with E-state index < -0.39 is 18.0 Å². The average Bonchev–Trinajstić information content (AvgIpc) is 3.51. The summed E-state index contributed by atoms with van der Waals surface area (Å²) in [5, 5.41) is 0.545. The zero-order valence-electron chi connectivity index (χ0n) is 21.9. The maximum Gasteiger partial charge on any atom is 0.338 e. The number of furan rings is 1. The number of carbonyl (C=O) groups is 2. The van der Waals surface area contributed by atoms with E-state index in [-0.39, 0.29) is 22.6 Å². The highest BCUT2D eigenvalue weighted by Crippen LogP contribution is 2.36. The summed E-state index contributed by atoms with van der Waals surface area (Å²) in [4.78, 5) is 43.2. The van der Waals surface area contributed by atoms with Crippen LogP contribution in [0.4, 0.5) is 0 Å². The molecule has 1 aliphatic rings. The van der Waals surface area contributed by atoms with Gasteiger partial charge in [-0.1, -0.05) is 41.1 Å². The van der Waals surface area contributed by atoms with Crippen LogP contribution >= 0.6 is 22.9 Å². The molecule has 204 valence electrons. The maximum atomic E-state index is 13.8. The standard InChI is InChI=1S/C29H23ClN2O7S/c1-15-25(28(35)37-4)26(17-9-11-22(38-16(2)33)23(13-17)36-3)32-27(34)24(40-29(32)31-15)14-18-10-12-21(39-18)19-7-5-6-8-20(19)30/h5-14,26H,1-4H3/b24-14-. The highest BCUT2D eigenvalue weighted by atomic mass is 35.5. The molecular weight excluding hydrogens is 556 g/mol. The van der Waals surface area contributed by atoms with E-state index in [4.69, 9.17) is 30.2 Å². The number of esters is 2. The highest BCUT2D eigenvalue weighted by molar-refractivity contribution is 7.07. The minimum Gasteiger partial charge on any atom is -0.493 e. The minimum atomic E-state index is -0.874. The van der Waals surface area contributed by atoms with Gasteiger partial charge in [-0.15, -0.1) is 0 Å². The first-order valence-electron chi connectivity index (χ1n) is 12.0. The minimum absolute atomic E-state index is 0.197. The van der Waals surface area contributed by atoms with Gasteiger partial charge in [0, 0.05) is 18.6 Å². The summed E-state index contributed by atoms with van der Waals surface area (Å²) in [6, 6.07) is 14.8. The van der Waals surface area contributed by atoms with Crippen LogP contribution in [0.2, 0.25) is 5.02 Å². The van der Waals surface area contributed by atoms with E-state index in [2.05, 4.69) is 4.99 Å². The fourth-order valence-electron chi connectivity index (χ4n) is 4.47. The molecule has 0 spiro atoms. The second kappa shape index (κ2) is 11.0. The van der Waals surface area contributed by atoms with Crippen LogP contribution in [0, 0.1) is 0 Å². The molecule has 0 saturated carbocycles. The third kappa shape index (κ3) is 4.99. The highest BCUT2D eigenvalue weighted by Gasteiger charge is 2.33. The Morgan fingerprint density at radius 2 is 1.88 bits per heavy atom. The number of allylic oxidation sites excluding steroid dienone is 1. The number of carbonyl (C=O) groups excluding carboxylic acids is 2. The molecular formula is C29H23ClN2O7S. The van der Waals surface area contributed by atoms with Gasteiger partial charge in [-0.25, -0.2) is 9.79 Å². The summed E-state index contributed by atoms with van der Waals surface area (Å²) in [7, 11) is 2.70. The van der Waals surface area contributed by atoms with Crippen LogP contribution in [0.25, 0.3) is 17.4 Å². The number of methoxy groups -OCH3 is 2. The number of hydrogen-bond donors (Lipinski definition) is 0. The van der Waals surface area contributed by atoms with E-state index in [1.165, 1.54) is 37.0 Å². The number of ether oxygens (including phenoxy) is 3. The van der Waals surface area contributed by atoms with Crippen molar-refractivity contribution in [2.45, 2.75) is 19.9 Å². The lowest BCUT2D eigenvalue weighted by molar-refractivity contribution is -0.136. The molecule has 0 amide bonds. The third-order valence-electron chi connectivity index (χ3n) is 6.22. The van der Waals surface area contributed by atoms with E-state index in [1.807, 2.05) is 18.2 Å². The first-order valence-corrected chi connectivity index (χ1v) is 13.2. The number of benzene rings is 2. The molecule has 0 N–H and O–H groups in total. The van der Waals surface area contributed by atoms with Gasteiger partial charge in [0.05, 0.1) is 41.1 Å². The molecule has 5 rings (SSSR count). The molecule has 11 heteroatoms. The molecule has 0 saturated heterocycles. The molecule has 0 radical (unpaired) electrons. The van der Waals surface area contributed by atoms with Crippen molar-refractivity contribution in [3.8, 4) is 22.8 Å². The number of fused-ring (bicyclic) bond motifs is 1. The topological polar surface area (TPSA) is 109 Å². The molecule has 0 bridgehead atoms. The van der Waals surface area contributed by atoms with E-state index in [9.17, 15) is 14.4 Å². The molecule has 4 aromatic rings. The van der Waals surface area contributed by atoms with Crippen molar-refractivity contribution in [3.05, 3.63) is 102 Å². The SMILES string of the molecule is COC(=O)C1=C(C)N=c2s/c(=C\c3ccc(-c4ccccc4Cl)o3)c(=O)n2C1c1ccc(OC(C)=O)c(OC)c1. The maximum absolute atomic E-state index is 13.8. The smallest absolute Gasteiger partial charge is 0.338 e. The number of thiazole rings is 1. The van der Waals surface area contributed by atoms with Crippen molar-refractivity contribution < 1.29 is 28.2 Å². The molecule has 1 aliphatic heterocycles. The fraction of sp³-hybridized carbons (Fsp3) is 0.172. The Morgan fingerprint density at radius 1 is 1.10 bits per heavy atom. The summed E-state index contributed by atoms with van der Waals surface area (Å²) in [6.45, 7) is 2.96. The predicted molar refractivity (Wildman–Crippen MR) is 149 cm³/mol. The normalized spacial score (nSPS) is 14.9. The van der Waals surface area contributed by atoms with Gasteiger partial charge in [0.1, 0.15) is 11.5 Å². The molecule has 2 aromatic carbocycles. The van der Waals surface area contributed by atoms with Crippen molar-refractivity contribution in [1.82, 2.24) is 4.57 Å². The molecule has 2 aromatic heterocycles. The number of hydrogen-bond acceptors (Lipinski definition) is 9. The van der Waals surface area contributed by atoms with Gasteiger partial charge in [-0.3, -0.25) is 14.2 Å². The number of halogens is 1. The average molecular weight is 579 g/mol. The van der Waals surface area contributed by atoms with Gasteiger partial charge < -0.3 is 18.6 Å². The third-order valence-corrected chi connectivity index (χ3v) is 7.54. The zero-order chi connectivity index (χ0) is 28.6. The molecule has 9 nitrogen and oxygen atoms in total. The van der Waals surface area contributed by atoms with Crippen LogP contribution in [0.3, 0.4) is 0 Å². The molecule has 3 heterocycles. The molecule has 40 heavy (non-hydrogen) atoms. The van der Waals surface area contributed by atoms with E-state index in [1.54, 1.807) is 49.4 Å². The van der Waals surface area contributed by atoms with Gasteiger partial charge in [0.15, 0.2) is 16.3 Å². The Labute approximate surface area is 237 Å². The largest absolute Gasteiger partial charge is 0.493 e. The van der Waals surface area contributed by atoms with E-state index in [0.29, 0.717) is 37.1 Å². The second-order valence-electron chi connectivity index (χ2n) is 8.76. The Balaban J connectivity index is 1.66. The van der Waals surface area contributed by atoms with Crippen molar-refractivity contribution in [3.63, 3.8) is 0 Å². The van der Waals surface area contributed by atoms with Crippen LogP contribution in [-0.4, -0.2) is 30.7 Å². The van der Waals surface area contributed by atoms with Crippen molar-refractivity contribution in [1.29, 1.82) is 0 Å². The van der Waals surface area contributed by atoms with E-state index >= 15 is 0 Å². The summed E-state index contributed by atoms with van der Waals surface area (Å²) in [5.74, 6) is 0.342. The lowest BCUT2D eigenvalue weighted by Gasteiger charge is -2.25. The van der Waals surface area contributed by atoms with Gasteiger partial charge >= 0.3 is 11.9 Å². The lowest BCUT2D eigenvalue weighted by atomic mass is 9.95. The van der Waals surface area contributed by atoms with Crippen molar-refractivity contribution in [2.75, 3.05) is 14.2 Å². The second-order valence-corrected chi connectivity index (χ2v) is 10.2. The molecule has 0 aliphatic carbocycles. The lowest BCUT2D eigenvalue weighted by Crippen LogP contribution is -2.39. The summed E-state index contributed by atoms with van der Waals surface area (Å²) in [6.07, 6.45) is 1.63. The van der Waals surface area contributed by atoms with Gasteiger partial charge in [0.25, 0.3) is 5.56 Å².